The number of aryl methyl sites for hydroxylation is 1. The largest absolute Gasteiger partial charge is 0.329 e. The van der Waals surface area contributed by atoms with Crippen molar-refractivity contribution < 1.29 is 0 Å². The van der Waals surface area contributed by atoms with E-state index in [9.17, 15) is 0 Å². The molecule has 2 N–H and O–H groups in total. The van der Waals surface area contributed by atoms with E-state index >= 15 is 0 Å². The molecule has 1 aromatic rings. The maximum atomic E-state index is 6.09. The predicted octanol–water partition coefficient (Wildman–Crippen LogP) is 3.72. The molecule has 0 aromatic heterocycles. The molecular formula is C18H30N2. The van der Waals surface area contributed by atoms with E-state index in [0.29, 0.717) is 6.04 Å². The number of likely N-dealkylation sites (N-methyl/N-ethyl adjacent to an activating group) is 1. The SMILES string of the molecule is Cc1ccc(CN(C)C(CN)C2CCCCCC2)cc1. The van der Waals surface area contributed by atoms with E-state index in [0.717, 1.165) is 19.0 Å². The van der Waals surface area contributed by atoms with Gasteiger partial charge in [0, 0.05) is 19.1 Å². The standard InChI is InChI=1S/C18H30N2/c1-15-9-11-16(12-10-15)14-20(2)18(13-19)17-7-5-3-4-6-8-17/h9-12,17-18H,3-8,13-14,19H2,1-2H3. The maximum Gasteiger partial charge on any atom is 0.0247 e. The topological polar surface area (TPSA) is 29.3 Å². The highest BCUT2D eigenvalue weighted by molar-refractivity contribution is 5.21. The lowest BCUT2D eigenvalue weighted by molar-refractivity contribution is 0.160. The molecule has 20 heavy (non-hydrogen) atoms. The molecule has 0 aliphatic heterocycles. The highest BCUT2D eigenvalue weighted by Crippen LogP contribution is 2.28. The Morgan fingerprint density at radius 3 is 2.25 bits per heavy atom. The lowest BCUT2D eigenvalue weighted by atomic mass is 9.90. The zero-order valence-electron chi connectivity index (χ0n) is 13.1. The molecule has 1 fully saturated rings. The van der Waals surface area contributed by atoms with Gasteiger partial charge in [0.15, 0.2) is 0 Å². The van der Waals surface area contributed by atoms with E-state index in [4.69, 9.17) is 5.73 Å². The second-order valence-corrected chi connectivity index (χ2v) is 6.46. The number of nitrogens with two attached hydrogens (primary N) is 1. The van der Waals surface area contributed by atoms with E-state index in [1.165, 1.54) is 49.7 Å². The number of hydrogen-bond acceptors (Lipinski definition) is 2. The normalized spacial score (nSPS) is 19.0. The summed E-state index contributed by atoms with van der Waals surface area (Å²) in [6.07, 6.45) is 8.32. The van der Waals surface area contributed by atoms with Crippen LogP contribution in [0.25, 0.3) is 0 Å². The van der Waals surface area contributed by atoms with Crippen LogP contribution in [0, 0.1) is 12.8 Å². The molecule has 1 aromatic carbocycles. The van der Waals surface area contributed by atoms with Crippen LogP contribution in [-0.4, -0.2) is 24.5 Å². The smallest absolute Gasteiger partial charge is 0.0247 e. The number of hydrogen-bond donors (Lipinski definition) is 1. The fourth-order valence-electron chi connectivity index (χ4n) is 3.53. The third-order valence-electron chi connectivity index (χ3n) is 4.80. The van der Waals surface area contributed by atoms with Gasteiger partial charge in [0.05, 0.1) is 0 Å². The maximum absolute atomic E-state index is 6.09. The van der Waals surface area contributed by atoms with Gasteiger partial charge in [-0.15, -0.1) is 0 Å². The Kier molecular flexibility index (Phi) is 6.06. The molecule has 0 saturated heterocycles. The third-order valence-corrected chi connectivity index (χ3v) is 4.80. The lowest BCUT2D eigenvalue weighted by Gasteiger charge is -2.33. The Bertz CT molecular complexity index is 377. The minimum Gasteiger partial charge on any atom is -0.329 e. The second-order valence-electron chi connectivity index (χ2n) is 6.46. The fraction of sp³-hybridized carbons (Fsp3) is 0.667. The molecule has 1 unspecified atom stereocenters. The van der Waals surface area contributed by atoms with E-state index in [2.05, 4.69) is 43.1 Å². The van der Waals surface area contributed by atoms with E-state index in [1.807, 2.05) is 0 Å². The minimum absolute atomic E-state index is 0.536. The van der Waals surface area contributed by atoms with Gasteiger partial charge in [0.2, 0.25) is 0 Å². The Morgan fingerprint density at radius 1 is 1.10 bits per heavy atom. The van der Waals surface area contributed by atoms with Crippen LogP contribution in [0.3, 0.4) is 0 Å². The molecule has 2 heteroatoms. The third kappa shape index (κ3) is 4.32. The molecule has 0 spiro atoms. The van der Waals surface area contributed by atoms with Gasteiger partial charge in [-0.05, 0) is 38.3 Å². The lowest BCUT2D eigenvalue weighted by Crippen LogP contribution is -2.43. The van der Waals surface area contributed by atoms with Crippen LogP contribution in [0.15, 0.2) is 24.3 Å². The number of benzene rings is 1. The Hall–Kier alpha value is -0.860. The molecule has 0 heterocycles. The van der Waals surface area contributed by atoms with Crippen molar-refractivity contribution in [2.24, 2.45) is 11.7 Å². The molecule has 2 rings (SSSR count). The second kappa shape index (κ2) is 7.80. The van der Waals surface area contributed by atoms with Gasteiger partial charge >= 0.3 is 0 Å². The van der Waals surface area contributed by atoms with E-state index in [1.54, 1.807) is 0 Å². The molecule has 2 nitrogen and oxygen atoms in total. The molecule has 1 atom stereocenters. The van der Waals surface area contributed by atoms with Gasteiger partial charge in [-0.3, -0.25) is 4.90 Å². The predicted molar refractivity (Wildman–Crippen MR) is 86.7 cm³/mol. The van der Waals surface area contributed by atoms with Crippen LogP contribution >= 0.6 is 0 Å². The van der Waals surface area contributed by atoms with Crippen molar-refractivity contribution in [1.29, 1.82) is 0 Å². The van der Waals surface area contributed by atoms with Gasteiger partial charge < -0.3 is 5.73 Å². The summed E-state index contributed by atoms with van der Waals surface area (Å²) in [5, 5.41) is 0. The summed E-state index contributed by atoms with van der Waals surface area (Å²) in [5.41, 5.74) is 8.81. The van der Waals surface area contributed by atoms with Crippen LogP contribution < -0.4 is 5.73 Å². The molecular weight excluding hydrogens is 244 g/mol. The van der Waals surface area contributed by atoms with Gasteiger partial charge in [-0.2, -0.15) is 0 Å². The Labute approximate surface area is 124 Å². The van der Waals surface area contributed by atoms with Crippen molar-refractivity contribution in [2.75, 3.05) is 13.6 Å². The Morgan fingerprint density at radius 2 is 1.70 bits per heavy atom. The van der Waals surface area contributed by atoms with Crippen LogP contribution in [0.4, 0.5) is 0 Å². The summed E-state index contributed by atoms with van der Waals surface area (Å²) in [4.78, 5) is 2.47. The zero-order chi connectivity index (χ0) is 14.4. The molecule has 1 aliphatic rings. The van der Waals surface area contributed by atoms with Crippen molar-refractivity contribution in [2.45, 2.75) is 58.0 Å². The molecule has 0 bridgehead atoms. The Balaban J connectivity index is 1.96. The van der Waals surface area contributed by atoms with E-state index in [-0.39, 0.29) is 0 Å². The molecule has 1 aliphatic carbocycles. The summed E-state index contributed by atoms with van der Waals surface area (Å²) in [5.74, 6) is 0.790. The van der Waals surface area contributed by atoms with E-state index < -0.39 is 0 Å². The van der Waals surface area contributed by atoms with Crippen molar-refractivity contribution >= 4 is 0 Å². The zero-order valence-corrected chi connectivity index (χ0v) is 13.1. The quantitative estimate of drug-likeness (QED) is 0.829. The van der Waals surface area contributed by atoms with Crippen LogP contribution in [0.1, 0.15) is 49.7 Å². The van der Waals surface area contributed by atoms with Crippen LogP contribution in [0.2, 0.25) is 0 Å². The molecule has 0 radical (unpaired) electrons. The fourth-order valence-corrected chi connectivity index (χ4v) is 3.53. The molecule has 112 valence electrons. The first-order valence-electron chi connectivity index (χ1n) is 8.16. The van der Waals surface area contributed by atoms with Gasteiger partial charge in [0.25, 0.3) is 0 Å². The van der Waals surface area contributed by atoms with Gasteiger partial charge in [-0.25, -0.2) is 0 Å². The van der Waals surface area contributed by atoms with Crippen molar-refractivity contribution in [3.8, 4) is 0 Å². The summed E-state index contributed by atoms with van der Waals surface area (Å²) in [6.45, 7) is 3.94. The van der Waals surface area contributed by atoms with Gasteiger partial charge in [0.1, 0.15) is 0 Å². The summed E-state index contributed by atoms with van der Waals surface area (Å²) in [7, 11) is 2.24. The van der Waals surface area contributed by atoms with Crippen molar-refractivity contribution in [3.05, 3.63) is 35.4 Å². The van der Waals surface area contributed by atoms with Crippen molar-refractivity contribution in [3.63, 3.8) is 0 Å². The number of rotatable bonds is 5. The minimum atomic E-state index is 0.536. The first-order chi connectivity index (χ1) is 9.70. The average Bonchev–Trinajstić information content (AvgIpc) is 2.71. The summed E-state index contributed by atoms with van der Waals surface area (Å²) in [6, 6.07) is 9.42. The first-order valence-corrected chi connectivity index (χ1v) is 8.16. The highest BCUT2D eigenvalue weighted by atomic mass is 15.1. The van der Waals surface area contributed by atoms with Crippen LogP contribution in [-0.2, 0) is 6.54 Å². The van der Waals surface area contributed by atoms with Crippen LogP contribution in [0.5, 0.6) is 0 Å². The summed E-state index contributed by atoms with van der Waals surface area (Å²) < 4.78 is 0. The number of nitrogens with zero attached hydrogens (tertiary/aromatic N) is 1. The monoisotopic (exact) mass is 274 g/mol. The molecule has 0 amide bonds. The van der Waals surface area contributed by atoms with Gasteiger partial charge in [-0.1, -0.05) is 55.5 Å². The molecule has 1 saturated carbocycles. The first kappa shape index (κ1) is 15.5. The van der Waals surface area contributed by atoms with Crippen molar-refractivity contribution in [1.82, 2.24) is 4.90 Å². The summed E-state index contributed by atoms with van der Waals surface area (Å²) >= 11 is 0. The average molecular weight is 274 g/mol. The highest BCUT2D eigenvalue weighted by Gasteiger charge is 2.24.